The van der Waals surface area contributed by atoms with E-state index in [1.165, 1.54) is 6.08 Å². The highest BCUT2D eigenvalue weighted by atomic mass is 16.5. The van der Waals surface area contributed by atoms with E-state index in [2.05, 4.69) is 0 Å². The lowest BCUT2D eigenvalue weighted by atomic mass is 10.1. The average molecular weight is 204 g/mol. The standard InChI is InChI=1S/C12H12O3/c1-2-6-12(14)15-9-11(13)10-7-4-3-5-8-10/h2-8H,9H2,1H3/b6-2+. The van der Waals surface area contributed by atoms with Crippen LogP contribution in [0.2, 0.25) is 0 Å². The van der Waals surface area contributed by atoms with Crippen molar-refractivity contribution in [2.24, 2.45) is 0 Å². The molecule has 0 saturated carbocycles. The highest BCUT2D eigenvalue weighted by Crippen LogP contribution is 2.00. The van der Waals surface area contributed by atoms with Gasteiger partial charge in [-0.25, -0.2) is 4.79 Å². The summed E-state index contributed by atoms with van der Waals surface area (Å²) in [4.78, 5) is 22.4. The number of hydrogen-bond acceptors (Lipinski definition) is 3. The molecule has 1 rings (SSSR count). The zero-order chi connectivity index (χ0) is 11.1. The molecule has 0 fully saturated rings. The van der Waals surface area contributed by atoms with Gasteiger partial charge in [0.15, 0.2) is 12.4 Å². The average Bonchev–Trinajstić information content (AvgIpc) is 2.27. The van der Waals surface area contributed by atoms with E-state index in [4.69, 9.17) is 4.74 Å². The molecule has 78 valence electrons. The van der Waals surface area contributed by atoms with Crippen LogP contribution in [0, 0.1) is 0 Å². The molecule has 3 nitrogen and oxygen atoms in total. The van der Waals surface area contributed by atoms with Crippen LogP contribution in [-0.2, 0) is 9.53 Å². The Balaban J connectivity index is 2.47. The molecule has 0 aliphatic heterocycles. The van der Waals surface area contributed by atoms with Crippen molar-refractivity contribution in [3.63, 3.8) is 0 Å². The maximum absolute atomic E-state index is 11.5. The molecule has 1 aromatic carbocycles. The van der Waals surface area contributed by atoms with Gasteiger partial charge in [0.05, 0.1) is 0 Å². The molecule has 0 N–H and O–H groups in total. The maximum Gasteiger partial charge on any atom is 0.330 e. The van der Waals surface area contributed by atoms with E-state index in [1.54, 1.807) is 37.3 Å². The fourth-order valence-electron chi connectivity index (χ4n) is 1.03. The molecule has 0 bridgehead atoms. The van der Waals surface area contributed by atoms with E-state index in [-0.39, 0.29) is 12.4 Å². The van der Waals surface area contributed by atoms with Crippen LogP contribution in [0.15, 0.2) is 42.5 Å². The number of ketones is 1. The molecule has 0 aliphatic rings. The molecule has 0 saturated heterocycles. The Morgan fingerprint density at radius 2 is 1.93 bits per heavy atom. The van der Waals surface area contributed by atoms with E-state index < -0.39 is 5.97 Å². The van der Waals surface area contributed by atoms with Gasteiger partial charge in [-0.15, -0.1) is 0 Å². The molecule has 0 spiro atoms. The van der Waals surface area contributed by atoms with Crippen molar-refractivity contribution < 1.29 is 14.3 Å². The van der Waals surface area contributed by atoms with Crippen LogP contribution >= 0.6 is 0 Å². The number of Topliss-reactive ketones (excluding diaryl/α,β-unsaturated/α-hetero) is 1. The molecule has 0 aromatic heterocycles. The number of carbonyl (C=O) groups excluding carboxylic acids is 2. The van der Waals surface area contributed by atoms with Crippen molar-refractivity contribution in [1.82, 2.24) is 0 Å². The molecule has 0 unspecified atom stereocenters. The second kappa shape index (κ2) is 5.75. The van der Waals surface area contributed by atoms with Gasteiger partial charge in [-0.05, 0) is 6.92 Å². The molecule has 0 radical (unpaired) electrons. The van der Waals surface area contributed by atoms with Gasteiger partial charge in [0, 0.05) is 11.6 Å². The van der Waals surface area contributed by atoms with Gasteiger partial charge in [-0.3, -0.25) is 4.79 Å². The summed E-state index contributed by atoms with van der Waals surface area (Å²) in [5.41, 5.74) is 0.547. The van der Waals surface area contributed by atoms with Crippen molar-refractivity contribution in [3.8, 4) is 0 Å². The summed E-state index contributed by atoms with van der Waals surface area (Å²) in [6.07, 6.45) is 2.84. The Morgan fingerprint density at radius 3 is 2.53 bits per heavy atom. The van der Waals surface area contributed by atoms with Gasteiger partial charge < -0.3 is 4.74 Å². The largest absolute Gasteiger partial charge is 0.454 e. The maximum atomic E-state index is 11.5. The van der Waals surface area contributed by atoms with Crippen LogP contribution in [0.5, 0.6) is 0 Å². The lowest BCUT2D eigenvalue weighted by Crippen LogP contribution is -2.12. The first kappa shape index (κ1) is 11.2. The molecule has 3 heteroatoms. The van der Waals surface area contributed by atoms with E-state index in [0.29, 0.717) is 5.56 Å². The van der Waals surface area contributed by atoms with Crippen molar-refractivity contribution in [2.75, 3.05) is 6.61 Å². The highest BCUT2D eigenvalue weighted by Gasteiger charge is 2.06. The first-order chi connectivity index (χ1) is 7.24. The highest BCUT2D eigenvalue weighted by molar-refractivity contribution is 5.98. The van der Waals surface area contributed by atoms with Gasteiger partial charge in [-0.1, -0.05) is 36.4 Å². The minimum absolute atomic E-state index is 0.201. The van der Waals surface area contributed by atoms with Crippen molar-refractivity contribution in [3.05, 3.63) is 48.0 Å². The van der Waals surface area contributed by atoms with Crippen LogP contribution in [0.4, 0.5) is 0 Å². The summed E-state index contributed by atoms with van der Waals surface area (Å²) in [7, 11) is 0. The molecular formula is C12H12O3. The number of ether oxygens (including phenoxy) is 1. The number of esters is 1. The van der Waals surface area contributed by atoms with E-state index in [1.807, 2.05) is 6.07 Å². The Kier molecular flexibility index (Phi) is 4.29. The molecule has 15 heavy (non-hydrogen) atoms. The van der Waals surface area contributed by atoms with E-state index in [0.717, 1.165) is 0 Å². The second-order valence-electron chi connectivity index (χ2n) is 2.90. The van der Waals surface area contributed by atoms with E-state index >= 15 is 0 Å². The zero-order valence-electron chi connectivity index (χ0n) is 8.47. The first-order valence-electron chi connectivity index (χ1n) is 4.61. The summed E-state index contributed by atoms with van der Waals surface area (Å²) in [5, 5.41) is 0. The number of carbonyl (C=O) groups is 2. The minimum atomic E-state index is -0.498. The molecular weight excluding hydrogens is 192 g/mol. The lowest BCUT2D eigenvalue weighted by molar-refractivity contribution is -0.136. The number of rotatable bonds is 4. The van der Waals surface area contributed by atoms with Crippen molar-refractivity contribution in [2.45, 2.75) is 6.92 Å². The minimum Gasteiger partial charge on any atom is -0.454 e. The molecule has 0 amide bonds. The van der Waals surface area contributed by atoms with Crippen LogP contribution < -0.4 is 0 Å². The molecule has 1 aromatic rings. The van der Waals surface area contributed by atoms with Crippen molar-refractivity contribution in [1.29, 1.82) is 0 Å². The Morgan fingerprint density at radius 1 is 1.27 bits per heavy atom. The fourth-order valence-corrected chi connectivity index (χ4v) is 1.03. The van der Waals surface area contributed by atoms with Crippen molar-refractivity contribution >= 4 is 11.8 Å². The Bertz CT molecular complexity index is 366. The summed E-state index contributed by atoms with van der Waals surface area (Å²) >= 11 is 0. The van der Waals surface area contributed by atoms with Gasteiger partial charge in [0.25, 0.3) is 0 Å². The third kappa shape index (κ3) is 3.77. The van der Waals surface area contributed by atoms with Gasteiger partial charge in [0.1, 0.15) is 0 Å². The number of allylic oxidation sites excluding steroid dienone is 1. The SMILES string of the molecule is C/C=C/C(=O)OCC(=O)c1ccccc1. The Labute approximate surface area is 88.4 Å². The topological polar surface area (TPSA) is 43.4 Å². The van der Waals surface area contributed by atoms with Crippen LogP contribution in [-0.4, -0.2) is 18.4 Å². The summed E-state index contributed by atoms with van der Waals surface area (Å²) in [6, 6.07) is 8.72. The second-order valence-corrected chi connectivity index (χ2v) is 2.90. The fraction of sp³-hybridized carbons (Fsp3) is 0.167. The smallest absolute Gasteiger partial charge is 0.330 e. The predicted molar refractivity (Wildman–Crippen MR) is 56.5 cm³/mol. The van der Waals surface area contributed by atoms with Crippen LogP contribution in [0.3, 0.4) is 0 Å². The zero-order valence-corrected chi connectivity index (χ0v) is 8.47. The molecule has 0 heterocycles. The summed E-state index contributed by atoms with van der Waals surface area (Å²) < 4.78 is 4.72. The van der Waals surface area contributed by atoms with Gasteiger partial charge in [0.2, 0.25) is 0 Å². The third-order valence-electron chi connectivity index (χ3n) is 1.74. The Hall–Kier alpha value is -1.90. The molecule has 0 aliphatic carbocycles. The third-order valence-corrected chi connectivity index (χ3v) is 1.74. The summed E-state index contributed by atoms with van der Waals surface area (Å²) in [5.74, 6) is -0.699. The first-order valence-corrected chi connectivity index (χ1v) is 4.61. The van der Waals surface area contributed by atoms with E-state index in [9.17, 15) is 9.59 Å². The predicted octanol–water partition coefficient (Wildman–Crippen LogP) is 1.99. The number of benzene rings is 1. The molecule has 0 atom stereocenters. The number of hydrogen-bond donors (Lipinski definition) is 0. The van der Waals surface area contributed by atoms with Gasteiger partial charge >= 0.3 is 5.97 Å². The lowest BCUT2D eigenvalue weighted by Gasteiger charge is -2.00. The normalized spacial score (nSPS) is 10.2. The monoisotopic (exact) mass is 204 g/mol. The summed E-state index contributed by atoms with van der Waals surface area (Å²) in [6.45, 7) is 1.49. The van der Waals surface area contributed by atoms with Crippen LogP contribution in [0.25, 0.3) is 0 Å². The quantitative estimate of drug-likeness (QED) is 0.428. The van der Waals surface area contributed by atoms with Crippen LogP contribution in [0.1, 0.15) is 17.3 Å². The van der Waals surface area contributed by atoms with Gasteiger partial charge in [-0.2, -0.15) is 0 Å².